The molecule has 0 unspecified atom stereocenters. The van der Waals surface area contributed by atoms with Crippen LogP contribution in [0.1, 0.15) is 11.3 Å². The molecule has 0 bridgehead atoms. The lowest BCUT2D eigenvalue weighted by atomic mass is 9.96. The molecular weight excluding hydrogens is 176 g/mol. The summed E-state index contributed by atoms with van der Waals surface area (Å²) >= 11 is 0. The van der Waals surface area contributed by atoms with Crippen molar-refractivity contribution in [2.75, 3.05) is 6.26 Å². The van der Waals surface area contributed by atoms with Gasteiger partial charge >= 0.3 is 0 Å². The Morgan fingerprint density at radius 1 is 1.42 bits per heavy atom. The van der Waals surface area contributed by atoms with Gasteiger partial charge in [0.1, 0.15) is 0 Å². The van der Waals surface area contributed by atoms with Gasteiger partial charge in [-0.3, -0.25) is 0 Å². The predicted octanol–water partition coefficient (Wildman–Crippen LogP) is -0.0213. The van der Waals surface area contributed by atoms with Crippen molar-refractivity contribution in [2.45, 2.75) is 18.0 Å². The van der Waals surface area contributed by atoms with Gasteiger partial charge < -0.3 is 0 Å². The molecule has 0 spiro atoms. The van der Waals surface area contributed by atoms with Gasteiger partial charge in [-0.2, -0.15) is 0 Å². The van der Waals surface area contributed by atoms with Crippen LogP contribution in [-0.4, -0.2) is 24.6 Å². The molecule has 0 saturated heterocycles. The molecule has 12 heavy (non-hydrogen) atoms. The van der Waals surface area contributed by atoms with Crippen LogP contribution in [0.5, 0.6) is 0 Å². The van der Waals surface area contributed by atoms with Gasteiger partial charge in [0.15, 0.2) is 0 Å². The average Bonchev–Trinajstić information content (AvgIpc) is 1.89. The largest absolute Gasteiger partial charge is 0.246 e. The summed E-state index contributed by atoms with van der Waals surface area (Å²) in [7, 11) is -3.23. The van der Waals surface area contributed by atoms with Crippen LogP contribution in [-0.2, 0) is 22.7 Å². The van der Waals surface area contributed by atoms with Gasteiger partial charge in [-0.05, 0) is 18.4 Å². The normalized spacial score (nSPS) is 15.1. The smallest absolute Gasteiger partial charge is 0.227 e. The second kappa shape index (κ2) is 2.26. The van der Waals surface area contributed by atoms with Gasteiger partial charge in [0.2, 0.25) is 15.0 Å². The molecular formula is C7H8N2O2S. The van der Waals surface area contributed by atoms with E-state index in [1.165, 1.54) is 0 Å². The Labute approximate surface area is 70.6 Å². The Morgan fingerprint density at radius 2 is 2.17 bits per heavy atom. The third-order valence-electron chi connectivity index (χ3n) is 1.89. The summed E-state index contributed by atoms with van der Waals surface area (Å²) in [5.74, 6) is 0. The fourth-order valence-electron chi connectivity index (χ4n) is 1.10. The Morgan fingerprint density at radius 3 is 2.58 bits per heavy atom. The van der Waals surface area contributed by atoms with Gasteiger partial charge in [-0.1, -0.05) is 0 Å². The second-order valence-electron chi connectivity index (χ2n) is 2.90. The van der Waals surface area contributed by atoms with E-state index in [-0.39, 0.29) is 5.16 Å². The van der Waals surface area contributed by atoms with Crippen molar-refractivity contribution in [3.05, 3.63) is 17.5 Å². The zero-order chi connectivity index (χ0) is 8.77. The molecule has 1 heterocycles. The van der Waals surface area contributed by atoms with Gasteiger partial charge in [0, 0.05) is 18.1 Å². The maximum atomic E-state index is 11.0. The molecule has 0 aliphatic heterocycles. The number of hydrogen-bond acceptors (Lipinski definition) is 4. The minimum atomic E-state index is -3.23. The topological polar surface area (TPSA) is 59.9 Å². The molecule has 0 fully saturated rings. The van der Waals surface area contributed by atoms with Gasteiger partial charge in [-0.25, -0.2) is 18.4 Å². The summed E-state index contributed by atoms with van der Waals surface area (Å²) < 4.78 is 22.0. The van der Waals surface area contributed by atoms with Crippen LogP contribution >= 0.6 is 0 Å². The standard InChI is InChI=1S/C7H8N2O2S/c1-12(10,11)7-8-4-5-2-3-6(5)9-7/h4H,2-3H2,1H3. The van der Waals surface area contributed by atoms with E-state index in [2.05, 4.69) is 9.97 Å². The summed E-state index contributed by atoms with van der Waals surface area (Å²) in [6.07, 6.45) is 4.56. The molecule has 0 atom stereocenters. The van der Waals surface area contributed by atoms with E-state index >= 15 is 0 Å². The number of rotatable bonds is 1. The van der Waals surface area contributed by atoms with Crippen LogP contribution in [0.4, 0.5) is 0 Å². The lowest BCUT2D eigenvalue weighted by Crippen LogP contribution is -2.15. The van der Waals surface area contributed by atoms with E-state index in [4.69, 9.17) is 0 Å². The molecule has 0 saturated carbocycles. The zero-order valence-corrected chi connectivity index (χ0v) is 7.43. The first-order valence-electron chi connectivity index (χ1n) is 3.62. The van der Waals surface area contributed by atoms with E-state index in [0.29, 0.717) is 0 Å². The van der Waals surface area contributed by atoms with Gasteiger partial charge in [-0.15, -0.1) is 0 Å². The summed E-state index contributed by atoms with van der Waals surface area (Å²) in [4.78, 5) is 7.69. The van der Waals surface area contributed by atoms with Gasteiger partial charge in [0.25, 0.3) is 0 Å². The van der Waals surface area contributed by atoms with Crippen molar-refractivity contribution in [1.82, 2.24) is 9.97 Å². The van der Waals surface area contributed by atoms with E-state index in [0.717, 1.165) is 30.4 Å². The van der Waals surface area contributed by atoms with Crippen LogP contribution in [0.3, 0.4) is 0 Å². The highest BCUT2D eigenvalue weighted by Gasteiger charge is 2.19. The second-order valence-corrected chi connectivity index (χ2v) is 4.81. The van der Waals surface area contributed by atoms with Crippen molar-refractivity contribution in [3.63, 3.8) is 0 Å². The lowest BCUT2D eigenvalue weighted by Gasteiger charge is -2.15. The molecule has 0 aromatic carbocycles. The molecule has 0 N–H and O–H groups in total. The Kier molecular flexibility index (Phi) is 1.44. The van der Waals surface area contributed by atoms with Crippen LogP contribution < -0.4 is 0 Å². The van der Waals surface area contributed by atoms with Crippen molar-refractivity contribution in [1.29, 1.82) is 0 Å². The fourth-order valence-corrected chi connectivity index (χ4v) is 1.62. The third-order valence-corrected chi connectivity index (χ3v) is 2.75. The number of aromatic nitrogens is 2. The van der Waals surface area contributed by atoms with Crippen molar-refractivity contribution < 1.29 is 8.42 Å². The quantitative estimate of drug-likeness (QED) is 0.575. The van der Waals surface area contributed by atoms with E-state index in [9.17, 15) is 8.42 Å². The van der Waals surface area contributed by atoms with E-state index in [1.807, 2.05) is 0 Å². The van der Waals surface area contributed by atoms with Crippen LogP contribution in [0.25, 0.3) is 0 Å². The summed E-state index contributed by atoms with van der Waals surface area (Å²) in [5, 5.41) is -0.0547. The Bertz CT molecular complexity index is 425. The third kappa shape index (κ3) is 1.10. The lowest BCUT2D eigenvalue weighted by molar-refractivity contribution is 0.588. The van der Waals surface area contributed by atoms with E-state index in [1.54, 1.807) is 6.20 Å². The van der Waals surface area contributed by atoms with Crippen molar-refractivity contribution in [2.24, 2.45) is 0 Å². The van der Waals surface area contributed by atoms with Crippen LogP contribution in [0, 0.1) is 0 Å². The molecule has 64 valence electrons. The number of fused-ring (bicyclic) bond motifs is 1. The summed E-state index contributed by atoms with van der Waals surface area (Å²) in [6.45, 7) is 0. The van der Waals surface area contributed by atoms with Gasteiger partial charge in [0.05, 0.1) is 0 Å². The maximum Gasteiger partial charge on any atom is 0.246 e. The fraction of sp³-hybridized carbons (Fsp3) is 0.429. The summed E-state index contributed by atoms with van der Waals surface area (Å²) in [6, 6.07) is 0. The highest BCUT2D eigenvalue weighted by Crippen LogP contribution is 2.19. The number of aryl methyl sites for hydroxylation is 2. The monoisotopic (exact) mass is 184 g/mol. The van der Waals surface area contributed by atoms with Crippen molar-refractivity contribution in [3.8, 4) is 0 Å². The number of sulfone groups is 1. The highest BCUT2D eigenvalue weighted by molar-refractivity contribution is 7.90. The first-order valence-corrected chi connectivity index (χ1v) is 5.51. The highest BCUT2D eigenvalue weighted by atomic mass is 32.2. The van der Waals surface area contributed by atoms with Crippen LogP contribution in [0.15, 0.2) is 11.4 Å². The molecule has 4 nitrogen and oxygen atoms in total. The van der Waals surface area contributed by atoms with Crippen molar-refractivity contribution >= 4 is 9.84 Å². The Hall–Kier alpha value is -0.970. The molecule has 1 aromatic heterocycles. The van der Waals surface area contributed by atoms with Crippen LogP contribution in [0.2, 0.25) is 0 Å². The molecule has 2 rings (SSSR count). The summed E-state index contributed by atoms with van der Waals surface area (Å²) in [5.41, 5.74) is 1.95. The molecule has 0 radical (unpaired) electrons. The predicted molar refractivity (Wildman–Crippen MR) is 42.5 cm³/mol. The van der Waals surface area contributed by atoms with E-state index < -0.39 is 9.84 Å². The first-order chi connectivity index (χ1) is 5.57. The minimum absolute atomic E-state index is 0.0547. The molecule has 1 aromatic rings. The SMILES string of the molecule is CS(=O)(=O)c1ncc2c(n1)CC2. The first kappa shape index (κ1) is 7.67. The average molecular weight is 184 g/mol. The molecule has 1 aliphatic carbocycles. The molecule has 1 aliphatic rings. The minimum Gasteiger partial charge on any atom is -0.227 e. The Balaban J connectivity index is 2.56. The maximum absolute atomic E-state index is 11.0. The molecule has 0 amide bonds. The number of hydrogen-bond donors (Lipinski definition) is 0. The number of nitrogens with zero attached hydrogens (tertiary/aromatic N) is 2. The molecule has 5 heteroatoms. The zero-order valence-electron chi connectivity index (χ0n) is 6.61.